The molecule has 0 aromatic heterocycles. The Labute approximate surface area is 90.9 Å². The van der Waals surface area contributed by atoms with Crippen LogP contribution in [-0.2, 0) is 4.84 Å². The number of benzene rings is 1. The average Bonchev–Trinajstić information content (AvgIpc) is 2.20. The molecule has 7 nitrogen and oxygen atoms in total. The lowest BCUT2D eigenvalue weighted by atomic mass is 10.1. The van der Waals surface area contributed by atoms with Crippen molar-refractivity contribution >= 4 is 0 Å². The molecule has 1 unspecified atom stereocenters. The summed E-state index contributed by atoms with van der Waals surface area (Å²) in [5.74, 6) is 0. The molecule has 1 atom stereocenters. The van der Waals surface area contributed by atoms with Crippen LogP contribution in [0.5, 0.6) is 0 Å². The minimum Gasteiger partial charge on any atom is -0.306 e. The first-order chi connectivity index (χ1) is 7.50. The first-order valence-corrected chi connectivity index (χ1v) is 4.48. The molecule has 0 saturated carbocycles. The van der Waals surface area contributed by atoms with Gasteiger partial charge < -0.3 is 4.84 Å². The first kappa shape index (κ1) is 11.9. The molecule has 0 radical (unpaired) electrons. The molecule has 0 fully saturated rings. The van der Waals surface area contributed by atoms with Crippen molar-refractivity contribution in [3.8, 4) is 0 Å². The van der Waals surface area contributed by atoms with Gasteiger partial charge in [-0.25, -0.2) is 0 Å². The molecule has 1 aromatic rings. The Kier molecular flexibility index (Phi) is 3.76. The highest BCUT2D eigenvalue weighted by Crippen LogP contribution is 2.17. The summed E-state index contributed by atoms with van der Waals surface area (Å²) in [5, 5.41) is 19.6. The van der Waals surface area contributed by atoms with Gasteiger partial charge in [0.2, 0.25) is 0 Å². The largest absolute Gasteiger partial charge is 0.306 e. The third kappa shape index (κ3) is 3.19. The van der Waals surface area contributed by atoms with E-state index in [0.29, 0.717) is 5.56 Å². The van der Waals surface area contributed by atoms with E-state index in [1.54, 1.807) is 24.3 Å². The van der Waals surface area contributed by atoms with Gasteiger partial charge in [-0.05, 0) is 6.92 Å². The Balaban J connectivity index is 2.81. The van der Waals surface area contributed by atoms with Crippen LogP contribution in [0.2, 0.25) is 0 Å². The number of hydrogen-bond donors (Lipinski definition) is 0. The maximum Gasteiger partial charge on any atom is 0.294 e. The Hall–Kier alpha value is -2.18. The van der Waals surface area contributed by atoms with E-state index in [9.17, 15) is 20.2 Å². The topological polar surface area (TPSA) is 95.5 Å². The van der Waals surface area contributed by atoms with Crippen molar-refractivity contribution in [2.24, 2.45) is 0 Å². The van der Waals surface area contributed by atoms with Gasteiger partial charge >= 0.3 is 0 Å². The summed E-state index contributed by atoms with van der Waals surface area (Å²) >= 11 is 0. The number of hydrogen-bond acceptors (Lipinski definition) is 5. The zero-order chi connectivity index (χ0) is 12.1. The van der Waals surface area contributed by atoms with Crippen LogP contribution in [0.1, 0.15) is 17.2 Å². The highest BCUT2D eigenvalue weighted by atomic mass is 17.0. The molecule has 0 heterocycles. The molecule has 7 heteroatoms. The van der Waals surface area contributed by atoms with Gasteiger partial charge in [0.05, 0.1) is 0 Å². The Morgan fingerprint density at radius 3 is 2.25 bits per heavy atom. The fourth-order valence-corrected chi connectivity index (χ4v) is 1.20. The molecule has 0 saturated heterocycles. The SMILES string of the molecule is Cc1ccc(C(CO[N+](=O)[O-])[N+](=O)[O-])cc1. The van der Waals surface area contributed by atoms with E-state index in [1.165, 1.54) is 0 Å². The van der Waals surface area contributed by atoms with Gasteiger partial charge in [-0.1, -0.05) is 29.8 Å². The highest BCUT2D eigenvalue weighted by molar-refractivity contribution is 5.23. The van der Waals surface area contributed by atoms with Crippen LogP contribution >= 0.6 is 0 Å². The average molecular weight is 226 g/mol. The lowest BCUT2D eigenvalue weighted by Gasteiger charge is -2.08. The predicted octanol–water partition coefficient (Wildman–Crippen LogP) is 1.52. The Morgan fingerprint density at radius 2 is 1.81 bits per heavy atom. The van der Waals surface area contributed by atoms with Gasteiger partial charge in [0.15, 0.2) is 6.61 Å². The van der Waals surface area contributed by atoms with E-state index >= 15 is 0 Å². The van der Waals surface area contributed by atoms with Crippen molar-refractivity contribution in [2.45, 2.75) is 13.0 Å². The third-order valence-electron chi connectivity index (χ3n) is 2.05. The van der Waals surface area contributed by atoms with Gasteiger partial charge in [0.25, 0.3) is 11.1 Å². The number of rotatable bonds is 5. The molecule has 1 aromatic carbocycles. The van der Waals surface area contributed by atoms with E-state index in [-0.39, 0.29) is 0 Å². The highest BCUT2D eigenvalue weighted by Gasteiger charge is 2.24. The van der Waals surface area contributed by atoms with Crippen LogP contribution in [0.15, 0.2) is 24.3 Å². The molecular formula is C9H10N2O5. The van der Waals surface area contributed by atoms with Gasteiger partial charge in [-0.2, -0.15) is 0 Å². The van der Waals surface area contributed by atoms with Gasteiger partial charge in [-0.15, -0.1) is 10.1 Å². The number of nitrogens with zero attached hydrogens (tertiary/aromatic N) is 2. The van der Waals surface area contributed by atoms with Crippen molar-refractivity contribution in [1.82, 2.24) is 0 Å². The van der Waals surface area contributed by atoms with Crippen molar-refractivity contribution in [1.29, 1.82) is 0 Å². The van der Waals surface area contributed by atoms with E-state index < -0.39 is 22.7 Å². The second-order valence-electron chi connectivity index (χ2n) is 3.23. The molecule has 1 rings (SSSR count). The summed E-state index contributed by atoms with van der Waals surface area (Å²) in [5.41, 5.74) is 1.35. The van der Waals surface area contributed by atoms with Crippen LogP contribution in [-0.4, -0.2) is 16.6 Å². The first-order valence-electron chi connectivity index (χ1n) is 4.48. The zero-order valence-corrected chi connectivity index (χ0v) is 8.53. The molecule has 0 spiro atoms. The fourth-order valence-electron chi connectivity index (χ4n) is 1.20. The summed E-state index contributed by atoms with van der Waals surface area (Å²) in [6.45, 7) is 1.27. The Bertz CT molecular complexity index is 389. The second-order valence-corrected chi connectivity index (χ2v) is 3.23. The van der Waals surface area contributed by atoms with Crippen LogP contribution < -0.4 is 0 Å². The molecule has 0 aliphatic rings. The van der Waals surface area contributed by atoms with Crippen LogP contribution in [0.25, 0.3) is 0 Å². The predicted molar refractivity (Wildman–Crippen MR) is 53.9 cm³/mol. The molecule has 0 bridgehead atoms. The van der Waals surface area contributed by atoms with E-state index in [1.807, 2.05) is 6.92 Å². The third-order valence-corrected chi connectivity index (χ3v) is 2.05. The van der Waals surface area contributed by atoms with Gasteiger partial charge in [-0.3, -0.25) is 10.1 Å². The molecule has 0 amide bonds. The van der Waals surface area contributed by atoms with E-state index in [2.05, 4.69) is 4.84 Å². The fraction of sp³-hybridized carbons (Fsp3) is 0.333. The van der Waals surface area contributed by atoms with Gasteiger partial charge in [0.1, 0.15) is 0 Å². The summed E-state index contributed by atoms with van der Waals surface area (Å²) in [6.07, 6.45) is 0. The molecule has 0 aliphatic carbocycles. The maximum atomic E-state index is 10.7. The molecule has 16 heavy (non-hydrogen) atoms. The minimum absolute atomic E-state index is 0.387. The van der Waals surface area contributed by atoms with E-state index in [4.69, 9.17) is 0 Å². The standard InChI is InChI=1S/C9H10N2O5/c1-7-2-4-8(5-3-7)9(10(12)13)6-16-11(14)15/h2-5,9H,6H2,1H3. The lowest BCUT2D eigenvalue weighted by Crippen LogP contribution is -2.19. The van der Waals surface area contributed by atoms with Crippen molar-refractivity contribution in [3.05, 3.63) is 55.6 Å². The van der Waals surface area contributed by atoms with Crippen LogP contribution in [0, 0.1) is 27.2 Å². The van der Waals surface area contributed by atoms with Crippen molar-refractivity contribution in [3.63, 3.8) is 0 Å². The van der Waals surface area contributed by atoms with Crippen molar-refractivity contribution in [2.75, 3.05) is 6.61 Å². The monoisotopic (exact) mass is 226 g/mol. The van der Waals surface area contributed by atoms with Crippen LogP contribution in [0.4, 0.5) is 0 Å². The quantitative estimate of drug-likeness (QED) is 0.560. The minimum atomic E-state index is -1.22. The maximum absolute atomic E-state index is 10.7. The normalized spacial score (nSPS) is 11.8. The zero-order valence-electron chi connectivity index (χ0n) is 8.53. The molecule has 0 aliphatic heterocycles. The molecule has 86 valence electrons. The summed E-state index contributed by atoms with van der Waals surface area (Å²) in [6, 6.07) is 5.32. The molecule has 0 N–H and O–H groups in total. The second kappa shape index (κ2) is 5.06. The Morgan fingerprint density at radius 1 is 1.25 bits per heavy atom. The van der Waals surface area contributed by atoms with Crippen molar-refractivity contribution < 1.29 is 14.8 Å². The summed E-state index contributed by atoms with van der Waals surface area (Å²) in [4.78, 5) is 24.1. The lowest BCUT2D eigenvalue weighted by molar-refractivity contribution is -0.766. The summed E-state index contributed by atoms with van der Waals surface area (Å²) < 4.78 is 0. The molecular weight excluding hydrogens is 216 g/mol. The summed E-state index contributed by atoms with van der Waals surface area (Å²) in [7, 11) is 0. The number of nitro groups is 1. The number of aryl methyl sites for hydroxylation is 1. The van der Waals surface area contributed by atoms with Gasteiger partial charge in [0, 0.05) is 10.5 Å². The van der Waals surface area contributed by atoms with Crippen LogP contribution in [0.3, 0.4) is 0 Å². The van der Waals surface area contributed by atoms with E-state index in [0.717, 1.165) is 5.56 Å². The smallest absolute Gasteiger partial charge is 0.294 e.